The molecule has 35 heavy (non-hydrogen) atoms. The zero-order valence-electron chi connectivity index (χ0n) is 18.7. The van der Waals surface area contributed by atoms with Crippen molar-refractivity contribution in [2.24, 2.45) is 0 Å². The van der Waals surface area contributed by atoms with Crippen molar-refractivity contribution in [3.63, 3.8) is 0 Å². The first-order chi connectivity index (χ1) is 16.6. The van der Waals surface area contributed by atoms with Crippen LogP contribution in [-0.2, 0) is 6.18 Å². The number of aliphatic hydroxyl groups is 2. The maximum atomic E-state index is 13.1. The van der Waals surface area contributed by atoms with E-state index < -0.39 is 23.7 Å². The summed E-state index contributed by atoms with van der Waals surface area (Å²) in [6.45, 7) is 1.82. The van der Waals surface area contributed by atoms with Gasteiger partial charge in [0, 0.05) is 28.5 Å². The third kappa shape index (κ3) is 4.88. The number of rotatable bonds is 6. The summed E-state index contributed by atoms with van der Waals surface area (Å²) in [5, 5.41) is 20.2. The van der Waals surface area contributed by atoms with E-state index in [9.17, 15) is 28.2 Å². The Morgan fingerprint density at radius 3 is 2.37 bits per heavy atom. The van der Waals surface area contributed by atoms with Gasteiger partial charge in [-0.1, -0.05) is 12.1 Å². The van der Waals surface area contributed by atoms with Gasteiger partial charge in [-0.2, -0.15) is 18.2 Å². The van der Waals surface area contributed by atoms with Gasteiger partial charge in [-0.15, -0.1) is 11.8 Å². The van der Waals surface area contributed by atoms with Crippen molar-refractivity contribution < 1.29 is 23.4 Å². The second kappa shape index (κ2) is 9.68. The molecule has 7 nitrogen and oxygen atoms in total. The Kier molecular flexibility index (Phi) is 6.84. The number of pyridine rings is 1. The second-order valence-electron chi connectivity index (χ2n) is 7.53. The summed E-state index contributed by atoms with van der Waals surface area (Å²) < 4.78 is 40.4. The minimum Gasteiger partial charge on any atom is -0.351 e. The number of aromatic nitrogens is 3. The van der Waals surface area contributed by atoms with E-state index in [0.29, 0.717) is 16.6 Å². The monoisotopic (exact) mass is 502 g/mol. The van der Waals surface area contributed by atoms with Crippen LogP contribution in [-0.4, -0.2) is 44.0 Å². The van der Waals surface area contributed by atoms with Gasteiger partial charge in [0.25, 0.3) is 5.56 Å². The third-order valence-electron chi connectivity index (χ3n) is 5.41. The number of fused-ring (bicyclic) bond motifs is 1. The van der Waals surface area contributed by atoms with Crippen molar-refractivity contribution in [1.29, 1.82) is 0 Å². The standard InChI is InChI=1S/C24H21F3N4O3S/c1-3-30(23(33)34)22-28-20(14-5-4-6-17(13-14)35-2)18-11-12-19(32)31(21(18)29-22)16-9-7-15(8-10-16)24(25,26)27/h4-13,23,33-34H,3H2,1-2H3. The molecule has 0 fully saturated rings. The fourth-order valence-corrected chi connectivity index (χ4v) is 4.14. The Morgan fingerprint density at radius 2 is 1.77 bits per heavy atom. The van der Waals surface area contributed by atoms with E-state index in [1.165, 1.54) is 34.5 Å². The van der Waals surface area contributed by atoms with Crippen molar-refractivity contribution in [3.05, 3.63) is 76.6 Å². The van der Waals surface area contributed by atoms with E-state index in [1.54, 1.807) is 13.0 Å². The van der Waals surface area contributed by atoms with Gasteiger partial charge >= 0.3 is 6.18 Å². The molecule has 0 aliphatic carbocycles. The van der Waals surface area contributed by atoms with E-state index in [2.05, 4.69) is 9.97 Å². The first-order valence-corrected chi connectivity index (χ1v) is 11.7. The van der Waals surface area contributed by atoms with E-state index in [0.717, 1.165) is 21.9 Å². The SMILES string of the molecule is CCN(c1nc(-c2cccc(SC)c2)c2ccc(=O)n(-c3ccc(C(F)(F)F)cc3)c2n1)C(O)O. The molecule has 11 heteroatoms. The van der Waals surface area contributed by atoms with Gasteiger partial charge in [-0.25, -0.2) is 4.98 Å². The van der Waals surface area contributed by atoms with Crippen LogP contribution >= 0.6 is 11.8 Å². The van der Waals surface area contributed by atoms with Crippen LogP contribution in [0.1, 0.15) is 12.5 Å². The Bertz CT molecular complexity index is 1420. The summed E-state index contributed by atoms with van der Waals surface area (Å²) in [6, 6.07) is 14.5. The third-order valence-corrected chi connectivity index (χ3v) is 6.14. The highest BCUT2D eigenvalue weighted by Gasteiger charge is 2.30. The predicted octanol–water partition coefficient (Wildman–Crippen LogP) is 4.28. The maximum Gasteiger partial charge on any atom is 0.416 e. The van der Waals surface area contributed by atoms with Crippen LogP contribution in [0.15, 0.2) is 70.4 Å². The average molecular weight is 503 g/mol. The number of nitrogens with zero attached hydrogens (tertiary/aromatic N) is 4. The summed E-state index contributed by atoms with van der Waals surface area (Å²) in [5.41, 5.74) is 0.0612. The number of thioether (sulfide) groups is 1. The first kappa shape index (κ1) is 24.7. The molecule has 0 saturated heterocycles. The molecule has 0 saturated carbocycles. The van der Waals surface area contributed by atoms with E-state index in [4.69, 9.17) is 0 Å². The number of benzene rings is 2. The smallest absolute Gasteiger partial charge is 0.351 e. The highest BCUT2D eigenvalue weighted by Crippen LogP contribution is 2.32. The molecule has 0 bridgehead atoms. The molecule has 0 aliphatic heterocycles. The molecular formula is C24H21F3N4O3S. The Labute approximate surface area is 202 Å². The molecule has 2 aromatic carbocycles. The van der Waals surface area contributed by atoms with Gasteiger partial charge < -0.3 is 10.2 Å². The first-order valence-electron chi connectivity index (χ1n) is 10.5. The lowest BCUT2D eigenvalue weighted by atomic mass is 10.1. The summed E-state index contributed by atoms with van der Waals surface area (Å²) in [6.07, 6.45) is -4.50. The van der Waals surface area contributed by atoms with Crippen molar-refractivity contribution >= 4 is 28.7 Å². The normalized spacial score (nSPS) is 11.9. The molecule has 0 unspecified atom stereocenters. The summed E-state index contributed by atoms with van der Waals surface area (Å²) in [7, 11) is 0. The van der Waals surface area contributed by atoms with Crippen LogP contribution in [0.25, 0.3) is 28.0 Å². The number of hydrogen-bond donors (Lipinski definition) is 2. The van der Waals surface area contributed by atoms with Crippen LogP contribution in [0.4, 0.5) is 19.1 Å². The van der Waals surface area contributed by atoms with Gasteiger partial charge in [-0.3, -0.25) is 14.3 Å². The topological polar surface area (TPSA) is 91.5 Å². The van der Waals surface area contributed by atoms with Crippen LogP contribution in [0.2, 0.25) is 0 Å². The molecule has 0 aliphatic rings. The summed E-state index contributed by atoms with van der Waals surface area (Å²) in [4.78, 5) is 24.0. The number of anilines is 1. The van der Waals surface area contributed by atoms with Crippen molar-refractivity contribution in [2.45, 2.75) is 24.4 Å². The van der Waals surface area contributed by atoms with Crippen LogP contribution in [0.5, 0.6) is 0 Å². The van der Waals surface area contributed by atoms with Crippen LogP contribution < -0.4 is 10.5 Å². The maximum absolute atomic E-state index is 13.1. The summed E-state index contributed by atoms with van der Waals surface area (Å²) in [5.74, 6) is -0.0502. The van der Waals surface area contributed by atoms with E-state index in [1.807, 2.05) is 30.5 Å². The highest BCUT2D eigenvalue weighted by molar-refractivity contribution is 7.98. The van der Waals surface area contributed by atoms with Crippen LogP contribution in [0, 0.1) is 0 Å². The molecule has 0 atom stereocenters. The molecule has 4 rings (SSSR count). The fourth-order valence-electron chi connectivity index (χ4n) is 3.68. The minimum atomic E-state index is -4.52. The quantitative estimate of drug-likeness (QED) is 0.300. The van der Waals surface area contributed by atoms with Gasteiger partial charge in [0.2, 0.25) is 12.4 Å². The Hall–Kier alpha value is -3.41. The fraction of sp³-hybridized carbons (Fsp3) is 0.208. The molecule has 0 radical (unpaired) electrons. The molecule has 4 aromatic rings. The van der Waals surface area contributed by atoms with E-state index in [-0.39, 0.29) is 23.8 Å². The van der Waals surface area contributed by atoms with Gasteiger partial charge in [-0.05, 0) is 55.6 Å². The lowest BCUT2D eigenvalue weighted by molar-refractivity contribution is -0.137. The number of halogens is 3. The van der Waals surface area contributed by atoms with Crippen molar-refractivity contribution in [1.82, 2.24) is 14.5 Å². The predicted molar refractivity (Wildman–Crippen MR) is 129 cm³/mol. The van der Waals surface area contributed by atoms with Crippen molar-refractivity contribution in [3.8, 4) is 16.9 Å². The second-order valence-corrected chi connectivity index (χ2v) is 8.41. The molecule has 182 valence electrons. The van der Waals surface area contributed by atoms with Gasteiger partial charge in [0.15, 0.2) is 5.65 Å². The number of hydrogen-bond acceptors (Lipinski definition) is 7. The largest absolute Gasteiger partial charge is 0.416 e. The zero-order chi connectivity index (χ0) is 25.3. The molecular weight excluding hydrogens is 481 g/mol. The van der Waals surface area contributed by atoms with Gasteiger partial charge in [0.05, 0.1) is 16.9 Å². The lowest BCUT2D eigenvalue weighted by Crippen LogP contribution is -2.36. The summed E-state index contributed by atoms with van der Waals surface area (Å²) >= 11 is 1.53. The average Bonchev–Trinajstić information content (AvgIpc) is 2.83. The molecule has 2 aromatic heterocycles. The number of alkyl halides is 3. The van der Waals surface area contributed by atoms with Crippen molar-refractivity contribution in [2.75, 3.05) is 17.7 Å². The number of aliphatic hydroxyl groups excluding tert-OH is 1. The van der Waals surface area contributed by atoms with Crippen LogP contribution in [0.3, 0.4) is 0 Å². The van der Waals surface area contributed by atoms with E-state index >= 15 is 0 Å². The van der Waals surface area contributed by atoms with Gasteiger partial charge in [0.1, 0.15) is 0 Å². The Morgan fingerprint density at radius 1 is 1.06 bits per heavy atom. The molecule has 0 amide bonds. The molecule has 0 spiro atoms. The molecule has 2 N–H and O–H groups in total. The molecule has 2 heterocycles. The highest BCUT2D eigenvalue weighted by atomic mass is 32.2. The Balaban J connectivity index is 2.05. The zero-order valence-corrected chi connectivity index (χ0v) is 19.5. The lowest BCUT2D eigenvalue weighted by Gasteiger charge is -2.24. The minimum absolute atomic E-state index is 0.0502.